The molecule has 4 nitrogen and oxygen atoms in total. The summed E-state index contributed by atoms with van der Waals surface area (Å²) < 4.78 is 5.11. The Morgan fingerprint density at radius 3 is 2.74 bits per heavy atom. The summed E-state index contributed by atoms with van der Waals surface area (Å²) in [5.74, 6) is 0.833. The molecule has 0 saturated carbocycles. The predicted octanol–water partition coefficient (Wildman–Crippen LogP) is 1.67. The Morgan fingerprint density at radius 2 is 2.11 bits per heavy atom. The van der Waals surface area contributed by atoms with Crippen LogP contribution in [0.1, 0.15) is 18.4 Å². The quantitative estimate of drug-likeness (QED) is 0.770. The number of rotatable bonds is 4. The number of nitrogens with one attached hydrogen (secondary N) is 1. The van der Waals surface area contributed by atoms with E-state index in [2.05, 4.69) is 11.9 Å². The van der Waals surface area contributed by atoms with Gasteiger partial charge in [-0.25, -0.2) is 0 Å². The number of benzene rings is 1. The van der Waals surface area contributed by atoms with Gasteiger partial charge in [-0.15, -0.1) is 0 Å². The molecule has 2 rings (SSSR count). The van der Waals surface area contributed by atoms with Gasteiger partial charge >= 0.3 is 0 Å². The lowest BCUT2D eigenvalue weighted by atomic mass is 9.95. The van der Waals surface area contributed by atoms with E-state index in [0.717, 1.165) is 29.0 Å². The Bertz CT molecular complexity index is 491. The molecule has 1 aliphatic rings. The minimum Gasteiger partial charge on any atom is -0.497 e. The van der Waals surface area contributed by atoms with Gasteiger partial charge in [0.15, 0.2) is 0 Å². The molecule has 4 heteroatoms. The van der Waals surface area contributed by atoms with E-state index in [4.69, 9.17) is 10.5 Å². The summed E-state index contributed by atoms with van der Waals surface area (Å²) in [6.45, 7) is 4.63. The molecule has 0 heterocycles. The summed E-state index contributed by atoms with van der Waals surface area (Å²) in [6, 6.07) is 7.81. The van der Waals surface area contributed by atoms with E-state index in [1.54, 1.807) is 7.11 Å². The van der Waals surface area contributed by atoms with Crippen molar-refractivity contribution < 1.29 is 9.84 Å². The normalized spacial score (nSPS) is 19.5. The van der Waals surface area contributed by atoms with Gasteiger partial charge in [0.05, 0.1) is 24.6 Å². The molecule has 0 bridgehead atoms. The highest BCUT2D eigenvalue weighted by Crippen LogP contribution is 2.24. The number of allylic oxidation sites excluding steroid dienone is 1. The molecule has 1 aromatic rings. The number of methoxy groups -OCH3 is 1. The Kier molecular flexibility index (Phi) is 4.12. The summed E-state index contributed by atoms with van der Waals surface area (Å²) in [5, 5.41) is 13.0. The highest BCUT2D eigenvalue weighted by Gasteiger charge is 2.21. The molecule has 0 fully saturated rings. The lowest BCUT2D eigenvalue weighted by Gasteiger charge is -2.25. The molecule has 1 atom stereocenters. The van der Waals surface area contributed by atoms with Crippen LogP contribution in [0.15, 0.2) is 47.8 Å². The van der Waals surface area contributed by atoms with E-state index in [-0.39, 0.29) is 0 Å². The molecule has 19 heavy (non-hydrogen) atoms. The number of hydrogen-bond donors (Lipinski definition) is 3. The van der Waals surface area contributed by atoms with Crippen LogP contribution in [0, 0.1) is 0 Å². The SMILES string of the molecule is C=C1CCC(O)C(N)=C1NCc1ccc(OC)cc1. The topological polar surface area (TPSA) is 67.5 Å². The van der Waals surface area contributed by atoms with Crippen molar-refractivity contribution in [1.29, 1.82) is 0 Å². The van der Waals surface area contributed by atoms with Gasteiger partial charge < -0.3 is 20.9 Å². The third-order valence-electron chi connectivity index (χ3n) is 3.35. The van der Waals surface area contributed by atoms with Crippen LogP contribution in [0.4, 0.5) is 0 Å². The van der Waals surface area contributed by atoms with Gasteiger partial charge in [0.2, 0.25) is 0 Å². The maximum atomic E-state index is 9.75. The first kappa shape index (κ1) is 13.5. The molecule has 4 N–H and O–H groups in total. The fraction of sp³-hybridized carbons (Fsp3) is 0.333. The van der Waals surface area contributed by atoms with Crippen LogP contribution >= 0.6 is 0 Å². The maximum absolute atomic E-state index is 9.75. The van der Waals surface area contributed by atoms with E-state index >= 15 is 0 Å². The number of ether oxygens (including phenoxy) is 1. The van der Waals surface area contributed by atoms with Crippen molar-refractivity contribution in [2.75, 3.05) is 7.11 Å². The lowest BCUT2D eigenvalue weighted by molar-refractivity contribution is 0.192. The Labute approximate surface area is 113 Å². The Morgan fingerprint density at radius 1 is 1.42 bits per heavy atom. The molecular weight excluding hydrogens is 240 g/mol. The summed E-state index contributed by atoms with van der Waals surface area (Å²) in [5.41, 5.74) is 9.26. The van der Waals surface area contributed by atoms with E-state index in [9.17, 15) is 5.11 Å². The van der Waals surface area contributed by atoms with Gasteiger partial charge in [0, 0.05) is 6.54 Å². The van der Waals surface area contributed by atoms with Gasteiger partial charge in [-0.3, -0.25) is 0 Å². The molecule has 1 unspecified atom stereocenters. The third kappa shape index (κ3) is 3.09. The first-order valence-corrected chi connectivity index (χ1v) is 6.34. The van der Waals surface area contributed by atoms with E-state index < -0.39 is 6.10 Å². The van der Waals surface area contributed by atoms with Crippen LogP contribution in [0.2, 0.25) is 0 Å². The van der Waals surface area contributed by atoms with Gasteiger partial charge in [-0.1, -0.05) is 18.7 Å². The molecular formula is C15H20N2O2. The van der Waals surface area contributed by atoms with Gasteiger partial charge in [0.25, 0.3) is 0 Å². The molecule has 0 aliphatic heterocycles. The average molecular weight is 260 g/mol. The van der Waals surface area contributed by atoms with E-state index in [0.29, 0.717) is 18.7 Å². The number of nitrogens with two attached hydrogens (primary N) is 1. The largest absolute Gasteiger partial charge is 0.497 e. The third-order valence-corrected chi connectivity index (χ3v) is 3.35. The standard InChI is InChI=1S/C15H20N2O2/c1-10-3-8-13(18)14(16)15(10)17-9-11-4-6-12(19-2)7-5-11/h4-7,13,17-18H,1,3,8-9,16H2,2H3. The number of hydrogen-bond acceptors (Lipinski definition) is 4. The monoisotopic (exact) mass is 260 g/mol. The fourth-order valence-corrected chi connectivity index (χ4v) is 2.12. The summed E-state index contributed by atoms with van der Waals surface area (Å²) in [7, 11) is 1.65. The Hall–Kier alpha value is -1.94. The van der Waals surface area contributed by atoms with E-state index in [1.807, 2.05) is 24.3 Å². The van der Waals surface area contributed by atoms with Crippen LogP contribution in [0.25, 0.3) is 0 Å². The van der Waals surface area contributed by atoms with Crippen molar-refractivity contribution in [1.82, 2.24) is 5.32 Å². The fourth-order valence-electron chi connectivity index (χ4n) is 2.12. The van der Waals surface area contributed by atoms with E-state index in [1.165, 1.54) is 0 Å². The highest BCUT2D eigenvalue weighted by atomic mass is 16.5. The van der Waals surface area contributed by atoms with Crippen LogP contribution in [-0.2, 0) is 6.54 Å². The average Bonchev–Trinajstić information content (AvgIpc) is 2.44. The minimum atomic E-state index is -0.566. The lowest BCUT2D eigenvalue weighted by Crippen LogP contribution is -2.30. The second kappa shape index (κ2) is 5.80. The smallest absolute Gasteiger partial charge is 0.118 e. The van der Waals surface area contributed by atoms with Crippen LogP contribution in [-0.4, -0.2) is 18.3 Å². The predicted molar refractivity (Wildman–Crippen MR) is 75.4 cm³/mol. The zero-order chi connectivity index (χ0) is 13.8. The second-order valence-corrected chi connectivity index (χ2v) is 4.69. The zero-order valence-electron chi connectivity index (χ0n) is 11.1. The highest BCUT2D eigenvalue weighted by molar-refractivity contribution is 5.36. The van der Waals surface area contributed by atoms with Crippen molar-refractivity contribution in [2.24, 2.45) is 5.73 Å². The molecule has 0 amide bonds. The summed E-state index contributed by atoms with van der Waals surface area (Å²) in [6.07, 6.45) is 0.856. The molecule has 0 spiro atoms. The van der Waals surface area contributed by atoms with Crippen LogP contribution < -0.4 is 15.8 Å². The number of aliphatic hydroxyl groups excluding tert-OH is 1. The molecule has 0 saturated heterocycles. The maximum Gasteiger partial charge on any atom is 0.118 e. The van der Waals surface area contributed by atoms with Gasteiger partial charge in [-0.05, 0) is 36.1 Å². The minimum absolute atomic E-state index is 0.491. The molecule has 102 valence electrons. The molecule has 0 aromatic heterocycles. The Balaban J connectivity index is 2.04. The van der Waals surface area contributed by atoms with Crippen molar-refractivity contribution in [3.05, 3.63) is 53.4 Å². The van der Waals surface area contributed by atoms with Crippen molar-refractivity contribution in [3.63, 3.8) is 0 Å². The first-order chi connectivity index (χ1) is 9.11. The zero-order valence-corrected chi connectivity index (χ0v) is 11.1. The van der Waals surface area contributed by atoms with Crippen LogP contribution in [0.3, 0.4) is 0 Å². The van der Waals surface area contributed by atoms with Crippen LogP contribution in [0.5, 0.6) is 5.75 Å². The summed E-state index contributed by atoms with van der Waals surface area (Å²) >= 11 is 0. The number of aliphatic hydroxyl groups is 1. The first-order valence-electron chi connectivity index (χ1n) is 6.34. The molecule has 1 aliphatic carbocycles. The second-order valence-electron chi connectivity index (χ2n) is 4.69. The molecule has 0 radical (unpaired) electrons. The summed E-state index contributed by atoms with van der Waals surface area (Å²) in [4.78, 5) is 0. The van der Waals surface area contributed by atoms with Gasteiger partial charge in [0.1, 0.15) is 5.75 Å². The van der Waals surface area contributed by atoms with Gasteiger partial charge in [-0.2, -0.15) is 0 Å². The van der Waals surface area contributed by atoms with Crippen molar-refractivity contribution in [3.8, 4) is 5.75 Å². The molecule has 1 aromatic carbocycles. The van der Waals surface area contributed by atoms with Crippen molar-refractivity contribution >= 4 is 0 Å². The van der Waals surface area contributed by atoms with Crippen molar-refractivity contribution in [2.45, 2.75) is 25.5 Å².